The van der Waals surface area contributed by atoms with Gasteiger partial charge < -0.3 is 15.4 Å². The summed E-state index contributed by atoms with van der Waals surface area (Å²) < 4.78 is 5.31. The number of hydrogen-bond acceptors (Lipinski definition) is 4. The van der Waals surface area contributed by atoms with Crippen molar-refractivity contribution in [3.63, 3.8) is 0 Å². The van der Waals surface area contributed by atoms with Crippen molar-refractivity contribution in [3.05, 3.63) is 29.6 Å². The number of amides is 1. The fraction of sp³-hybridized carbons (Fsp3) is 0.417. The largest absolute Gasteiger partial charge is 0.389 e. The molecule has 0 unspecified atom stereocenters. The monoisotopic (exact) mass is 265 g/mol. The van der Waals surface area contributed by atoms with Crippen molar-refractivity contribution in [1.82, 2.24) is 9.88 Å². The average Bonchev–Trinajstić information content (AvgIpc) is 2.67. The van der Waals surface area contributed by atoms with Crippen molar-refractivity contribution < 1.29 is 9.53 Å². The summed E-state index contributed by atoms with van der Waals surface area (Å²) in [5.74, 6) is -0.0741. The Morgan fingerprint density at radius 1 is 1.39 bits per heavy atom. The molecule has 18 heavy (non-hydrogen) atoms. The molecule has 6 heteroatoms. The summed E-state index contributed by atoms with van der Waals surface area (Å²) in [5.41, 5.74) is 6.56. The van der Waals surface area contributed by atoms with Crippen LogP contribution in [0.4, 0.5) is 0 Å². The third-order valence-electron chi connectivity index (χ3n) is 2.78. The van der Waals surface area contributed by atoms with Crippen LogP contribution in [-0.4, -0.2) is 47.1 Å². The summed E-state index contributed by atoms with van der Waals surface area (Å²) >= 11 is 4.84. The van der Waals surface area contributed by atoms with Gasteiger partial charge in [-0.25, -0.2) is 0 Å². The normalized spacial score (nSPS) is 16.1. The van der Waals surface area contributed by atoms with E-state index in [-0.39, 0.29) is 10.9 Å². The molecule has 0 saturated carbocycles. The zero-order chi connectivity index (χ0) is 13.0. The molecule has 1 aliphatic rings. The SMILES string of the molecule is NC(=S)c1ccc(C(=O)N2CCCOCC2)nc1. The molecule has 1 fully saturated rings. The molecule has 0 bridgehead atoms. The van der Waals surface area contributed by atoms with E-state index in [0.29, 0.717) is 37.6 Å². The second-order valence-electron chi connectivity index (χ2n) is 4.05. The van der Waals surface area contributed by atoms with Gasteiger partial charge in [0.2, 0.25) is 0 Å². The maximum Gasteiger partial charge on any atom is 0.272 e. The highest BCUT2D eigenvalue weighted by molar-refractivity contribution is 7.80. The van der Waals surface area contributed by atoms with E-state index in [9.17, 15) is 4.79 Å². The van der Waals surface area contributed by atoms with Crippen molar-refractivity contribution in [2.75, 3.05) is 26.3 Å². The van der Waals surface area contributed by atoms with E-state index >= 15 is 0 Å². The molecule has 1 aromatic rings. The molecule has 1 amide bonds. The third-order valence-corrected chi connectivity index (χ3v) is 3.01. The molecule has 96 valence electrons. The van der Waals surface area contributed by atoms with E-state index in [4.69, 9.17) is 22.7 Å². The number of hydrogen-bond donors (Lipinski definition) is 1. The Bertz CT molecular complexity index is 439. The summed E-state index contributed by atoms with van der Waals surface area (Å²) in [6.07, 6.45) is 2.39. The number of ether oxygens (including phenoxy) is 1. The summed E-state index contributed by atoms with van der Waals surface area (Å²) in [6, 6.07) is 3.37. The van der Waals surface area contributed by atoms with E-state index in [1.165, 1.54) is 6.20 Å². The second kappa shape index (κ2) is 5.88. The van der Waals surface area contributed by atoms with Crippen molar-refractivity contribution in [1.29, 1.82) is 0 Å². The number of carbonyl (C=O) groups excluding carboxylic acids is 1. The lowest BCUT2D eigenvalue weighted by molar-refractivity contribution is 0.0735. The minimum Gasteiger partial charge on any atom is -0.389 e. The van der Waals surface area contributed by atoms with Gasteiger partial charge in [0.05, 0.1) is 6.61 Å². The number of carbonyl (C=O) groups is 1. The Labute approximate surface area is 111 Å². The fourth-order valence-corrected chi connectivity index (χ4v) is 1.90. The van der Waals surface area contributed by atoms with E-state index in [1.54, 1.807) is 17.0 Å². The average molecular weight is 265 g/mol. The van der Waals surface area contributed by atoms with Gasteiger partial charge in [-0.2, -0.15) is 0 Å². The number of aromatic nitrogens is 1. The van der Waals surface area contributed by atoms with Gasteiger partial charge in [-0.3, -0.25) is 9.78 Å². The number of pyridine rings is 1. The van der Waals surface area contributed by atoms with Gasteiger partial charge >= 0.3 is 0 Å². The lowest BCUT2D eigenvalue weighted by Crippen LogP contribution is -2.33. The Kier molecular flexibility index (Phi) is 4.22. The van der Waals surface area contributed by atoms with Crippen LogP contribution in [0.15, 0.2) is 18.3 Å². The predicted octanol–water partition coefficient (Wildman–Crippen LogP) is 0.578. The minimum absolute atomic E-state index is 0.0741. The minimum atomic E-state index is -0.0741. The molecule has 0 atom stereocenters. The Hall–Kier alpha value is -1.53. The van der Waals surface area contributed by atoms with Crippen LogP contribution >= 0.6 is 12.2 Å². The van der Waals surface area contributed by atoms with Crippen molar-refractivity contribution in [3.8, 4) is 0 Å². The number of rotatable bonds is 2. The molecular formula is C12H15N3O2S. The second-order valence-corrected chi connectivity index (χ2v) is 4.49. The smallest absolute Gasteiger partial charge is 0.272 e. The molecular weight excluding hydrogens is 250 g/mol. The maximum atomic E-state index is 12.2. The molecule has 0 aromatic carbocycles. The first-order valence-corrected chi connectivity index (χ1v) is 6.22. The maximum absolute atomic E-state index is 12.2. The van der Waals surface area contributed by atoms with Crippen LogP contribution in [0.2, 0.25) is 0 Å². The van der Waals surface area contributed by atoms with Crippen LogP contribution in [0.25, 0.3) is 0 Å². The highest BCUT2D eigenvalue weighted by Crippen LogP contribution is 2.07. The van der Waals surface area contributed by atoms with E-state index in [1.807, 2.05) is 0 Å². The van der Waals surface area contributed by atoms with E-state index < -0.39 is 0 Å². The molecule has 2 N–H and O–H groups in total. The van der Waals surface area contributed by atoms with Gasteiger partial charge in [0, 0.05) is 31.5 Å². The van der Waals surface area contributed by atoms with Crippen LogP contribution in [0.5, 0.6) is 0 Å². The van der Waals surface area contributed by atoms with Gasteiger partial charge in [0.25, 0.3) is 5.91 Å². The highest BCUT2D eigenvalue weighted by atomic mass is 32.1. The predicted molar refractivity (Wildman–Crippen MR) is 71.5 cm³/mol. The quantitative estimate of drug-likeness (QED) is 0.792. The number of nitrogens with zero attached hydrogens (tertiary/aromatic N) is 2. The van der Waals surface area contributed by atoms with Crippen molar-refractivity contribution in [2.45, 2.75) is 6.42 Å². The number of thiocarbonyl (C=S) groups is 1. The zero-order valence-electron chi connectivity index (χ0n) is 9.96. The topological polar surface area (TPSA) is 68.5 Å². The van der Waals surface area contributed by atoms with Gasteiger partial charge in [-0.05, 0) is 18.6 Å². The van der Waals surface area contributed by atoms with Gasteiger partial charge in [0.15, 0.2) is 0 Å². The zero-order valence-corrected chi connectivity index (χ0v) is 10.8. The van der Waals surface area contributed by atoms with Crippen molar-refractivity contribution in [2.24, 2.45) is 5.73 Å². The first kappa shape index (κ1) is 12.9. The Morgan fingerprint density at radius 2 is 2.22 bits per heavy atom. The third kappa shape index (κ3) is 3.02. The van der Waals surface area contributed by atoms with Gasteiger partial charge in [-0.1, -0.05) is 12.2 Å². The molecule has 1 aliphatic heterocycles. The first-order valence-electron chi connectivity index (χ1n) is 5.81. The van der Waals surface area contributed by atoms with Crippen LogP contribution in [0.3, 0.4) is 0 Å². The molecule has 0 aliphatic carbocycles. The molecule has 0 spiro atoms. The van der Waals surface area contributed by atoms with Gasteiger partial charge in [0.1, 0.15) is 10.7 Å². The standard InChI is InChI=1S/C12H15N3O2S/c13-11(18)9-2-3-10(14-8-9)12(16)15-4-1-6-17-7-5-15/h2-3,8H,1,4-7H2,(H2,13,18). The lowest BCUT2D eigenvalue weighted by Gasteiger charge is -2.18. The molecule has 1 aromatic heterocycles. The van der Waals surface area contributed by atoms with Crippen molar-refractivity contribution >= 4 is 23.1 Å². The Morgan fingerprint density at radius 3 is 2.89 bits per heavy atom. The fourth-order valence-electron chi connectivity index (χ4n) is 1.78. The molecule has 5 nitrogen and oxygen atoms in total. The number of nitrogens with two attached hydrogens (primary N) is 1. The molecule has 2 heterocycles. The van der Waals surface area contributed by atoms with Gasteiger partial charge in [-0.15, -0.1) is 0 Å². The summed E-state index contributed by atoms with van der Waals surface area (Å²) in [5, 5.41) is 0. The molecule has 0 radical (unpaired) electrons. The summed E-state index contributed by atoms with van der Waals surface area (Å²) in [4.78, 5) is 18.3. The van der Waals surface area contributed by atoms with E-state index in [0.717, 1.165) is 6.42 Å². The van der Waals surface area contributed by atoms with Crippen LogP contribution in [0, 0.1) is 0 Å². The lowest BCUT2D eigenvalue weighted by atomic mass is 10.2. The highest BCUT2D eigenvalue weighted by Gasteiger charge is 2.18. The summed E-state index contributed by atoms with van der Waals surface area (Å²) in [6.45, 7) is 2.60. The Balaban J connectivity index is 2.10. The van der Waals surface area contributed by atoms with Crippen LogP contribution in [0.1, 0.15) is 22.5 Å². The summed E-state index contributed by atoms with van der Waals surface area (Å²) in [7, 11) is 0. The molecule has 1 saturated heterocycles. The van der Waals surface area contributed by atoms with E-state index in [2.05, 4.69) is 4.98 Å². The van der Waals surface area contributed by atoms with Crippen LogP contribution in [-0.2, 0) is 4.74 Å². The molecule has 2 rings (SSSR count). The first-order chi connectivity index (χ1) is 8.68. The van der Waals surface area contributed by atoms with Crippen LogP contribution < -0.4 is 5.73 Å².